The van der Waals surface area contributed by atoms with Crippen molar-refractivity contribution in [1.82, 2.24) is 0 Å². The van der Waals surface area contributed by atoms with E-state index in [1.807, 2.05) is 19.1 Å². The average molecular weight is 413 g/mol. The number of oxime groups is 1. The maximum Gasteiger partial charge on any atom is 0.335 e. The van der Waals surface area contributed by atoms with Crippen molar-refractivity contribution < 1.29 is 14.7 Å². The lowest BCUT2D eigenvalue weighted by Gasteiger charge is -2.03. The number of aromatic carboxylic acids is 1. The van der Waals surface area contributed by atoms with Crippen molar-refractivity contribution in [3.63, 3.8) is 0 Å². The zero-order valence-electron chi connectivity index (χ0n) is 11.0. The monoisotopic (exact) mass is 411 g/mol. The van der Waals surface area contributed by atoms with Crippen LogP contribution in [-0.2, 0) is 0 Å². The van der Waals surface area contributed by atoms with Gasteiger partial charge in [0.1, 0.15) is 0 Å². The Morgan fingerprint density at radius 1 is 1.24 bits per heavy atom. The number of carboxylic acid groups (broad SMARTS) is 1. The van der Waals surface area contributed by atoms with Crippen LogP contribution < -0.4 is 4.84 Å². The van der Waals surface area contributed by atoms with Gasteiger partial charge in [0.25, 0.3) is 0 Å². The summed E-state index contributed by atoms with van der Waals surface area (Å²) in [6.45, 7) is 1.99. The van der Waals surface area contributed by atoms with Gasteiger partial charge in [-0.1, -0.05) is 43.1 Å². The Labute approximate surface area is 138 Å². The van der Waals surface area contributed by atoms with Gasteiger partial charge in [-0.05, 0) is 48.4 Å². The van der Waals surface area contributed by atoms with Gasteiger partial charge in [-0.15, -0.1) is 0 Å². The Hall–Kier alpha value is -1.66. The van der Waals surface area contributed by atoms with Gasteiger partial charge in [0.15, 0.2) is 5.75 Å². The first kappa shape index (κ1) is 15.7. The molecule has 0 amide bonds. The van der Waals surface area contributed by atoms with Crippen molar-refractivity contribution in [2.45, 2.75) is 6.92 Å². The number of benzene rings is 2. The zero-order valence-corrected chi connectivity index (χ0v) is 14.2. The number of nitrogens with zero attached hydrogens (tertiary/aromatic N) is 1. The quantitative estimate of drug-likeness (QED) is 0.588. The first-order valence-corrected chi connectivity index (χ1v) is 7.55. The second-order valence-electron chi connectivity index (χ2n) is 4.27. The summed E-state index contributed by atoms with van der Waals surface area (Å²) >= 11 is 6.92. The molecule has 0 spiro atoms. The summed E-state index contributed by atoms with van der Waals surface area (Å²) in [4.78, 5) is 16.0. The Balaban J connectivity index is 2.12. The van der Waals surface area contributed by atoms with E-state index in [1.165, 1.54) is 12.1 Å². The molecule has 2 rings (SSSR count). The highest BCUT2D eigenvalue weighted by atomic mass is 79.9. The van der Waals surface area contributed by atoms with E-state index in [2.05, 4.69) is 37.0 Å². The lowest BCUT2D eigenvalue weighted by Crippen LogP contribution is -1.96. The summed E-state index contributed by atoms with van der Waals surface area (Å²) in [5, 5.41) is 12.8. The molecule has 1 N–H and O–H groups in total. The molecule has 0 aliphatic carbocycles. The van der Waals surface area contributed by atoms with Crippen LogP contribution in [0, 0.1) is 6.92 Å². The second-order valence-corrected chi connectivity index (χ2v) is 5.98. The van der Waals surface area contributed by atoms with Gasteiger partial charge in [0, 0.05) is 8.95 Å². The van der Waals surface area contributed by atoms with Gasteiger partial charge in [-0.25, -0.2) is 4.79 Å². The minimum absolute atomic E-state index is 0.156. The van der Waals surface area contributed by atoms with E-state index < -0.39 is 5.97 Å². The van der Waals surface area contributed by atoms with Crippen molar-refractivity contribution in [2.75, 3.05) is 0 Å². The molecule has 0 radical (unpaired) electrons. The van der Waals surface area contributed by atoms with Gasteiger partial charge in [0.2, 0.25) is 0 Å². The summed E-state index contributed by atoms with van der Waals surface area (Å²) < 4.78 is 1.93. The minimum atomic E-state index is -1.00. The van der Waals surface area contributed by atoms with E-state index >= 15 is 0 Å². The smallest absolute Gasteiger partial charge is 0.335 e. The standard InChI is InChI=1S/C15H11Br2NO3/c1-9-13(16)5-10(6-14(9)17)8-18-21-12-4-2-3-11(7-12)15(19)20/h2-8H,1H3,(H,19,20)/b18-8-. The molecule has 108 valence electrons. The highest BCUT2D eigenvalue weighted by Crippen LogP contribution is 2.25. The van der Waals surface area contributed by atoms with Crippen molar-refractivity contribution in [3.8, 4) is 5.75 Å². The minimum Gasteiger partial charge on any atom is -0.478 e. The maximum atomic E-state index is 10.9. The molecule has 6 heteroatoms. The summed E-state index contributed by atoms with van der Waals surface area (Å²) in [5.74, 6) is -0.632. The molecule has 0 aliphatic rings. The molecule has 21 heavy (non-hydrogen) atoms. The van der Waals surface area contributed by atoms with Gasteiger partial charge >= 0.3 is 5.97 Å². The zero-order chi connectivity index (χ0) is 15.4. The summed E-state index contributed by atoms with van der Waals surface area (Å²) in [7, 11) is 0. The SMILES string of the molecule is Cc1c(Br)cc(/C=N\Oc2cccc(C(=O)O)c2)cc1Br. The Kier molecular flexibility index (Phi) is 5.14. The largest absolute Gasteiger partial charge is 0.478 e. The first-order chi connectivity index (χ1) is 9.97. The fourth-order valence-corrected chi connectivity index (χ4v) is 2.80. The van der Waals surface area contributed by atoms with Crippen LogP contribution in [0.3, 0.4) is 0 Å². The molecule has 0 aromatic heterocycles. The molecule has 0 bridgehead atoms. The van der Waals surface area contributed by atoms with Crippen LogP contribution >= 0.6 is 31.9 Å². The van der Waals surface area contributed by atoms with Crippen LogP contribution in [0.4, 0.5) is 0 Å². The van der Waals surface area contributed by atoms with Gasteiger partial charge in [-0.2, -0.15) is 0 Å². The molecule has 0 aliphatic heterocycles. The van der Waals surface area contributed by atoms with E-state index in [-0.39, 0.29) is 5.56 Å². The summed E-state index contributed by atoms with van der Waals surface area (Å²) in [6, 6.07) is 9.99. The first-order valence-electron chi connectivity index (χ1n) is 5.97. The molecule has 0 unspecified atom stereocenters. The van der Waals surface area contributed by atoms with E-state index in [4.69, 9.17) is 9.94 Å². The molecule has 0 saturated carbocycles. The average Bonchev–Trinajstić information content (AvgIpc) is 2.45. The summed E-state index contributed by atoms with van der Waals surface area (Å²) in [6.07, 6.45) is 1.56. The lowest BCUT2D eigenvalue weighted by atomic mass is 10.2. The number of hydrogen-bond acceptors (Lipinski definition) is 3. The molecule has 0 atom stereocenters. The number of carboxylic acids is 1. The maximum absolute atomic E-state index is 10.9. The molecule has 0 heterocycles. The van der Waals surface area contributed by atoms with Crippen molar-refractivity contribution in [1.29, 1.82) is 0 Å². The van der Waals surface area contributed by atoms with Crippen LogP contribution in [0.5, 0.6) is 5.75 Å². The Morgan fingerprint density at radius 2 is 1.90 bits per heavy atom. The van der Waals surface area contributed by atoms with Crippen LogP contribution in [0.25, 0.3) is 0 Å². The molecular formula is C15H11Br2NO3. The Bertz CT molecular complexity index is 691. The van der Waals surface area contributed by atoms with Gasteiger partial charge in [-0.3, -0.25) is 0 Å². The van der Waals surface area contributed by atoms with Crippen LogP contribution in [0.1, 0.15) is 21.5 Å². The van der Waals surface area contributed by atoms with E-state index in [9.17, 15) is 4.79 Å². The van der Waals surface area contributed by atoms with E-state index in [0.717, 1.165) is 20.1 Å². The third-order valence-electron chi connectivity index (χ3n) is 2.74. The predicted molar refractivity (Wildman–Crippen MR) is 88.2 cm³/mol. The molecule has 4 nitrogen and oxygen atoms in total. The van der Waals surface area contributed by atoms with Crippen molar-refractivity contribution >= 4 is 44.0 Å². The van der Waals surface area contributed by atoms with Crippen LogP contribution in [0.15, 0.2) is 50.5 Å². The lowest BCUT2D eigenvalue weighted by molar-refractivity contribution is 0.0696. The predicted octanol–water partition coefficient (Wildman–Crippen LogP) is 4.63. The van der Waals surface area contributed by atoms with E-state index in [1.54, 1.807) is 18.3 Å². The number of carbonyl (C=O) groups is 1. The fraction of sp³-hybridized carbons (Fsp3) is 0.0667. The topological polar surface area (TPSA) is 58.9 Å². The highest BCUT2D eigenvalue weighted by Gasteiger charge is 2.04. The van der Waals surface area contributed by atoms with Crippen LogP contribution in [-0.4, -0.2) is 17.3 Å². The molecular weight excluding hydrogens is 402 g/mol. The van der Waals surface area contributed by atoms with E-state index in [0.29, 0.717) is 5.75 Å². The number of hydrogen-bond donors (Lipinski definition) is 1. The third kappa shape index (κ3) is 4.15. The third-order valence-corrected chi connectivity index (χ3v) is 4.39. The fourth-order valence-electron chi connectivity index (χ4n) is 1.57. The number of halogens is 2. The van der Waals surface area contributed by atoms with Crippen LogP contribution in [0.2, 0.25) is 0 Å². The normalized spacial score (nSPS) is 10.8. The van der Waals surface area contributed by atoms with Gasteiger partial charge < -0.3 is 9.94 Å². The highest BCUT2D eigenvalue weighted by molar-refractivity contribution is 9.11. The van der Waals surface area contributed by atoms with Crippen molar-refractivity contribution in [3.05, 3.63) is 62.0 Å². The molecule has 0 fully saturated rings. The molecule has 2 aromatic carbocycles. The number of rotatable bonds is 4. The second kappa shape index (κ2) is 6.87. The molecule has 2 aromatic rings. The molecule has 0 saturated heterocycles. The summed E-state index contributed by atoms with van der Waals surface area (Å²) in [5.41, 5.74) is 2.11. The van der Waals surface area contributed by atoms with Crippen molar-refractivity contribution in [2.24, 2.45) is 5.16 Å². The van der Waals surface area contributed by atoms with Gasteiger partial charge in [0.05, 0.1) is 11.8 Å². The Morgan fingerprint density at radius 3 is 2.52 bits per heavy atom.